The number of thiophene rings is 1. The molecule has 1 aliphatic heterocycles. The van der Waals surface area contributed by atoms with Gasteiger partial charge in [-0.25, -0.2) is 5.01 Å². The van der Waals surface area contributed by atoms with Gasteiger partial charge in [-0.1, -0.05) is 50.2 Å². The van der Waals surface area contributed by atoms with Gasteiger partial charge >= 0.3 is 0 Å². The van der Waals surface area contributed by atoms with Crippen molar-refractivity contribution in [3.05, 3.63) is 58.3 Å². The second-order valence-electron chi connectivity index (χ2n) is 6.27. The van der Waals surface area contributed by atoms with Gasteiger partial charge in [-0.05, 0) is 17.0 Å². The number of hydrazone groups is 1. The molecule has 3 rings (SSSR count). The van der Waals surface area contributed by atoms with E-state index in [0.717, 1.165) is 16.2 Å². The lowest BCUT2D eigenvalue weighted by Gasteiger charge is -2.22. The Morgan fingerprint density at radius 2 is 2.00 bits per heavy atom. The molecule has 1 N–H and O–H groups in total. The first-order valence-electron chi connectivity index (χ1n) is 8.32. The highest BCUT2D eigenvalue weighted by Crippen LogP contribution is 2.33. The average Bonchev–Trinajstić information content (AvgIpc) is 3.29. The fourth-order valence-electron chi connectivity index (χ4n) is 2.71. The first-order chi connectivity index (χ1) is 12.1. The standard InChI is InChI=1S/C19H21N3O2S/c1-13(2)19(24)20-12-18(23)22-16(14-7-4-3-5-8-14)11-15(21-22)17-9-6-10-25-17/h3-10,13,16H,11-12H2,1-2H3,(H,20,24)/t16-/m0/s1. The van der Waals surface area contributed by atoms with Crippen LogP contribution in [0.4, 0.5) is 0 Å². The first kappa shape index (κ1) is 17.4. The normalized spacial score (nSPS) is 16.8. The summed E-state index contributed by atoms with van der Waals surface area (Å²) in [6.45, 7) is 3.56. The monoisotopic (exact) mass is 355 g/mol. The topological polar surface area (TPSA) is 61.8 Å². The predicted molar refractivity (Wildman–Crippen MR) is 99.3 cm³/mol. The molecule has 6 heteroatoms. The Balaban J connectivity index is 1.80. The van der Waals surface area contributed by atoms with E-state index in [0.29, 0.717) is 6.42 Å². The number of nitrogens with zero attached hydrogens (tertiary/aromatic N) is 2. The average molecular weight is 355 g/mol. The van der Waals surface area contributed by atoms with Crippen molar-refractivity contribution < 1.29 is 9.59 Å². The number of hydrogen-bond acceptors (Lipinski definition) is 4. The molecule has 0 spiro atoms. The van der Waals surface area contributed by atoms with Gasteiger partial charge in [0.2, 0.25) is 5.91 Å². The van der Waals surface area contributed by atoms with Crippen molar-refractivity contribution in [1.82, 2.24) is 10.3 Å². The highest BCUT2D eigenvalue weighted by molar-refractivity contribution is 7.12. The molecule has 0 saturated heterocycles. The molecule has 2 heterocycles. The predicted octanol–water partition coefficient (Wildman–Crippen LogP) is 3.20. The number of amides is 2. The molecule has 5 nitrogen and oxygen atoms in total. The fourth-order valence-corrected chi connectivity index (χ4v) is 3.44. The lowest BCUT2D eigenvalue weighted by atomic mass is 10.0. The Kier molecular flexibility index (Phi) is 5.28. The van der Waals surface area contributed by atoms with Gasteiger partial charge in [-0.3, -0.25) is 9.59 Å². The van der Waals surface area contributed by atoms with Gasteiger partial charge in [0, 0.05) is 12.3 Å². The quantitative estimate of drug-likeness (QED) is 0.895. The summed E-state index contributed by atoms with van der Waals surface area (Å²) in [7, 11) is 0. The zero-order valence-corrected chi connectivity index (χ0v) is 15.1. The van der Waals surface area contributed by atoms with E-state index >= 15 is 0 Å². The molecule has 0 bridgehead atoms. The van der Waals surface area contributed by atoms with Crippen LogP contribution in [0, 0.1) is 5.92 Å². The summed E-state index contributed by atoms with van der Waals surface area (Å²) in [4.78, 5) is 25.5. The third-order valence-corrected chi connectivity index (χ3v) is 5.01. The first-order valence-corrected chi connectivity index (χ1v) is 9.20. The van der Waals surface area contributed by atoms with Crippen molar-refractivity contribution >= 4 is 28.9 Å². The number of carbonyl (C=O) groups excluding carboxylic acids is 2. The Morgan fingerprint density at radius 1 is 1.24 bits per heavy atom. The highest BCUT2D eigenvalue weighted by atomic mass is 32.1. The van der Waals surface area contributed by atoms with Crippen molar-refractivity contribution in [2.75, 3.05) is 6.54 Å². The van der Waals surface area contributed by atoms with Gasteiger partial charge in [0.05, 0.1) is 23.2 Å². The van der Waals surface area contributed by atoms with E-state index in [4.69, 9.17) is 0 Å². The summed E-state index contributed by atoms with van der Waals surface area (Å²) >= 11 is 1.61. The maximum Gasteiger partial charge on any atom is 0.262 e. The van der Waals surface area contributed by atoms with Crippen LogP contribution >= 0.6 is 11.3 Å². The maximum absolute atomic E-state index is 12.7. The molecule has 1 atom stereocenters. The maximum atomic E-state index is 12.7. The Morgan fingerprint density at radius 3 is 2.64 bits per heavy atom. The zero-order chi connectivity index (χ0) is 17.8. The molecule has 1 aliphatic rings. The number of carbonyl (C=O) groups is 2. The van der Waals surface area contributed by atoms with Crippen LogP contribution in [0.5, 0.6) is 0 Å². The van der Waals surface area contributed by atoms with Crippen molar-refractivity contribution in [2.24, 2.45) is 11.0 Å². The van der Waals surface area contributed by atoms with Gasteiger partial charge in [-0.2, -0.15) is 5.10 Å². The van der Waals surface area contributed by atoms with Crippen molar-refractivity contribution in [1.29, 1.82) is 0 Å². The van der Waals surface area contributed by atoms with Crippen LogP contribution in [0.3, 0.4) is 0 Å². The minimum atomic E-state index is -0.200. The molecular weight excluding hydrogens is 334 g/mol. The fraction of sp³-hybridized carbons (Fsp3) is 0.316. The van der Waals surface area contributed by atoms with Crippen LogP contribution in [0.1, 0.15) is 36.8 Å². The minimum absolute atomic E-state index is 0.0401. The van der Waals surface area contributed by atoms with Crippen molar-refractivity contribution in [3.63, 3.8) is 0 Å². The van der Waals surface area contributed by atoms with E-state index in [1.165, 1.54) is 5.01 Å². The molecule has 2 aromatic rings. The number of hydrogen-bond donors (Lipinski definition) is 1. The van der Waals surface area contributed by atoms with Crippen LogP contribution in [0.15, 0.2) is 52.9 Å². The number of nitrogens with one attached hydrogen (secondary N) is 1. The molecule has 0 unspecified atom stereocenters. The van der Waals surface area contributed by atoms with E-state index in [2.05, 4.69) is 10.4 Å². The van der Waals surface area contributed by atoms with Gasteiger partial charge in [0.15, 0.2) is 0 Å². The molecule has 0 aliphatic carbocycles. The van der Waals surface area contributed by atoms with Crippen LogP contribution < -0.4 is 5.32 Å². The molecule has 1 aromatic heterocycles. The highest BCUT2D eigenvalue weighted by Gasteiger charge is 2.33. The molecule has 25 heavy (non-hydrogen) atoms. The summed E-state index contributed by atoms with van der Waals surface area (Å²) in [5, 5.41) is 10.8. The van der Waals surface area contributed by atoms with Crippen molar-refractivity contribution in [2.45, 2.75) is 26.3 Å². The van der Waals surface area contributed by atoms with E-state index in [1.807, 2.05) is 47.8 Å². The summed E-state index contributed by atoms with van der Waals surface area (Å²) in [5.74, 6) is -0.484. The summed E-state index contributed by atoms with van der Waals surface area (Å²) in [5.41, 5.74) is 1.95. The second-order valence-corrected chi connectivity index (χ2v) is 7.21. The zero-order valence-electron chi connectivity index (χ0n) is 14.3. The van der Waals surface area contributed by atoms with E-state index in [1.54, 1.807) is 25.2 Å². The molecule has 0 radical (unpaired) electrons. The largest absolute Gasteiger partial charge is 0.347 e. The van der Waals surface area contributed by atoms with Crippen LogP contribution in [0.2, 0.25) is 0 Å². The van der Waals surface area contributed by atoms with Crippen LogP contribution in [0.25, 0.3) is 0 Å². The molecule has 1 aromatic carbocycles. The third kappa shape index (κ3) is 3.96. The van der Waals surface area contributed by atoms with Crippen molar-refractivity contribution in [3.8, 4) is 0 Å². The number of rotatable bonds is 5. The van der Waals surface area contributed by atoms with Crippen LogP contribution in [-0.4, -0.2) is 29.1 Å². The van der Waals surface area contributed by atoms with Crippen LogP contribution in [-0.2, 0) is 9.59 Å². The van der Waals surface area contributed by atoms with E-state index in [-0.39, 0.29) is 30.3 Å². The number of benzene rings is 1. The van der Waals surface area contributed by atoms with Gasteiger partial charge in [0.1, 0.15) is 0 Å². The van der Waals surface area contributed by atoms with Gasteiger partial charge in [0.25, 0.3) is 5.91 Å². The van der Waals surface area contributed by atoms with Gasteiger partial charge in [-0.15, -0.1) is 11.3 Å². The molecular formula is C19H21N3O2S. The molecule has 0 fully saturated rings. The SMILES string of the molecule is CC(C)C(=O)NCC(=O)N1N=C(c2cccs2)C[C@H]1c1ccccc1. The van der Waals surface area contributed by atoms with E-state index < -0.39 is 0 Å². The summed E-state index contributed by atoms with van der Waals surface area (Å²) in [6.07, 6.45) is 0.675. The lowest BCUT2D eigenvalue weighted by molar-refractivity contribution is -0.135. The summed E-state index contributed by atoms with van der Waals surface area (Å²) in [6, 6.07) is 13.7. The third-order valence-electron chi connectivity index (χ3n) is 4.09. The van der Waals surface area contributed by atoms with Gasteiger partial charge < -0.3 is 5.32 Å². The lowest BCUT2D eigenvalue weighted by Crippen LogP contribution is -2.39. The Bertz CT molecular complexity index is 769. The Labute approximate surface area is 151 Å². The molecule has 0 saturated carbocycles. The Hall–Kier alpha value is -2.47. The minimum Gasteiger partial charge on any atom is -0.347 e. The molecule has 130 valence electrons. The summed E-state index contributed by atoms with van der Waals surface area (Å²) < 4.78 is 0. The smallest absolute Gasteiger partial charge is 0.262 e. The molecule has 2 amide bonds. The van der Waals surface area contributed by atoms with E-state index in [9.17, 15) is 9.59 Å². The second kappa shape index (κ2) is 7.61.